The number of anilines is 1. The van der Waals surface area contributed by atoms with Crippen molar-refractivity contribution in [2.24, 2.45) is 5.92 Å². The number of likely N-dealkylation sites (tertiary alicyclic amines) is 1. The number of carbonyl (C=O) groups excluding carboxylic acids is 2. The maximum atomic E-state index is 12.8. The topological polar surface area (TPSA) is 40.6 Å². The van der Waals surface area contributed by atoms with Crippen LogP contribution in [0.15, 0.2) is 30.3 Å². The van der Waals surface area contributed by atoms with Crippen molar-refractivity contribution in [3.63, 3.8) is 0 Å². The summed E-state index contributed by atoms with van der Waals surface area (Å²) < 4.78 is 0. The van der Waals surface area contributed by atoms with Gasteiger partial charge in [0.15, 0.2) is 0 Å². The summed E-state index contributed by atoms with van der Waals surface area (Å²) in [4.78, 5) is 28.3. The molecule has 1 aliphatic heterocycles. The molecule has 0 radical (unpaired) electrons. The molecule has 1 aromatic carbocycles. The Balaban J connectivity index is 2.13. The maximum Gasteiger partial charge on any atom is 0.232 e. The molecular formula is C17H24N2O2. The van der Waals surface area contributed by atoms with Crippen LogP contribution in [0.25, 0.3) is 0 Å². The average molecular weight is 288 g/mol. The van der Waals surface area contributed by atoms with E-state index in [1.165, 1.54) is 0 Å². The third kappa shape index (κ3) is 3.63. The highest BCUT2D eigenvalue weighted by molar-refractivity contribution is 5.99. The predicted molar refractivity (Wildman–Crippen MR) is 84.1 cm³/mol. The summed E-state index contributed by atoms with van der Waals surface area (Å²) in [6.07, 6.45) is 2.36. The minimum Gasteiger partial charge on any atom is -0.342 e. The summed E-state index contributed by atoms with van der Waals surface area (Å²) >= 11 is 0. The SMILES string of the molecule is CCCCN(C(=O)C1CC(=O)N(CC)C1)c1ccccc1. The number of unbranched alkanes of at least 4 members (excludes halogenated alkanes) is 1. The van der Waals surface area contributed by atoms with E-state index in [1.54, 1.807) is 4.90 Å². The van der Waals surface area contributed by atoms with E-state index in [2.05, 4.69) is 6.92 Å². The van der Waals surface area contributed by atoms with Gasteiger partial charge >= 0.3 is 0 Å². The lowest BCUT2D eigenvalue weighted by Gasteiger charge is -2.25. The molecule has 0 aliphatic carbocycles. The standard InChI is InChI=1S/C17H24N2O2/c1-3-5-11-19(15-9-7-6-8-10-15)17(21)14-12-16(20)18(4-2)13-14/h6-10,14H,3-5,11-13H2,1-2H3. The molecule has 1 aliphatic rings. The maximum absolute atomic E-state index is 12.8. The highest BCUT2D eigenvalue weighted by Crippen LogP contribution is 2.23. The Morgan fingerprint density at radius 3 is 2.57 bits per heavy atom. The molecule has 0 bridgehead atoms. The molecule has 21 heavy (non-hydrogen) atoms. The van der Waals surface area contributed by atoms with Crippen LogP contribution in [0.2, 0.25) is 0 Å². The number of hydrogen-bond donors (Lipinski definition) is 0. The van der Waals surface area contributed by atoms with E-state index in [4.69, 9.17) is 0 Å². The van der Waals surface area contributed by atoms with E-state index in [9.17, 15) is 9.59 Å². The molecule has 1 heterocycles. The summed E-state index contributed by atoms with van der Waals surface area (Å²) in [6.45, 7) is 6.03. The summed E-state index contributed by atoms with van der Waals surface area (Å²) in [5.41, 5.74) is 0.929. The Bertz CT molecular complexity index is 487. The van der Waals surface area contributed by atoms with Crippen molar-refractivity contribution in [2.75, 3.05) is 24.5 Å². The molecule has 0 saturated carbocycles. The summed E-state index contributed by atoms with van der Waals surface area (Å²) in [5, 5.41) is 0. The summed E-state index contributed by atoms with van der Waals surface area (Å²) in [7, 11) is 0. The van der Waals surface area contributed by atoms with Gasteiger partial charge in [0.25, 0.3) is 0 Å². The number of hydrogen-bond acceptors (Lipinski definition) is 2. The summed E-state index contributed by atoms with van der Waals surface area (Å²) in [6, 6.07) is 9.76. The van der Waals surface area contributed by atoms with Crippen LogP contribution in [0.5, 0.6) is 0 Å². The number of para-hydroxylation sites is 1. The number of amides is 2. The van der Waals surface area contributed by atoms with E-state index in [0.29, 0.717) is 19.5 Å². The van der Waals surface area contributed by atoms with E-state index < -0.39 is 0 Å². The fraction of sp³-hybridized carbons (Fsp3) is 0.529. The van der Waals surface area contributed by atoms with Crippen molar-refractivity contribution < 1.29 is 9.59 Å². The molecule has 1 aromatic rings. The van der Waals surface area contributed by atoms with E-state index in [1.807, 2.05) is 42.2 Å². The van der Waals surface area contributed by atoms with Crippen molar-refractivity contribution in [1.82, 2.24) is 4.90 Å². The van der Waals surface area contributed by atoms with Crippen LogP contribution in [-0.4, -0.2) is 36.3 Å². The molecule has 2 rings (SSSR count). The van der Waals surface area contributed by atoms with Gasteiger partial charge in [0.2, 0.25) is 11.8 Å². The molecule has 114 valence electrons. The van der Waals surface area contributed by atoms with Crippen LogP contribution in [0, 0.1) is 5.92 Å². The fourth-order valence-electron chi connectivity index (χ4n) is 2.75. The van der Waals surface area contributed by atoms with E-state index in [0.717, 1.165) is 25.1 Å². The first-order valence-electron chi connectivity index (χ1n) is 7.81. The molecule has 4 heteroatoms. The van der Waals surface area contributed by atoms with Crippen molar-refractivity contribution in [3.05, 3.63) is 30.3 Å². The second-order valence-electron chi connectivity index (χ2n) is 5.51. The minimum atomic E-state index is -0.200. The van der Waals surface area contributed by atoms with Crippen LogP contribution in [0.4, 0.5) is 5.69 Å². The zero-order valence-electron chi connectivity index (χ0n) is 12.9. The molecule has 1 fully saturated rings. The Morgan fingerprint density at radius 1 is 1.29 bits per heavy atom. The van der Waals surface area contributed by atoms with Crippen LogP contribution < -0.4 is 4.90 Å². The molecule has 0 aromatic heterocycles. The van der Waals surface area contributed by atoms with Crippen molar-refractivity contribution in [3.8, 4) is 0 Å². The average Bonchev–Trinajstić information content (AvgIpc) is 2.89. The molecular weight excluding hydrogens is 264 g/mol. The number of carbonyl (C=O) groups is 2. The minimum absolute atomic E-state index is 0.0824. The molecule has 0 N–H and O–H groups in total. The third-order valence-corrected chi connectivity index (χ3v) is 4.01. The van der Waals surface area contributed by atoms with Crippen molar-refractivity contribution in [1.29, 1.82) is 0 Å². The van der Waals surface area contributed by atoms with Gasteiger partial charge in [-0.2, -0.15) is 0 Å². The largest absolute Gasteiger partial charge is 0.342 e. The van der Waals surface area contributed by atoms with Gasteiger partial charge in [-0.3, -0.25) is 9.59 Å². The van der Waals surface area contributed by atoms with Gasteiger partial charge in [0.1, 0.15) is 0 Å². The van der Waals surface area contributed by atoms with Gasteiger partial charge in [0.05, 0.1) is 5.92 Å². The molecule has 2 amide bonds. The third-order valence-electron chi connectivity index (χ3n) is 4.01. The first-order chi connectivity index (χ1) is 10.2. The smallest absolute Gasteiger partial charge is 0.232 e. The van der Waals surface area contributed by atoms with Crippen LogP contribution in [0.1, 0.15) is 33.1 Å². The van der Waals surface area contributed by atoms with Crippen molar-refractivity contribution >= 4 is 17.5 Å². The summed E-state index contributed by atoms with van der Waals surface area (Å²) in [5.74, 6) is -0.0205. The predicted octanol–water partition coefficient (Wildman–Crippen LogP) is 2.69. The van der Waals surface area contributed by atoms with Gasteiger partial charge in [-0.15, -0.1) is 0 Å². The number of benzene rings is 1. The fourth-order valence-corrected chi connectivity index (χ4v) is 2.75. The molecule has 1 saturated heterocycles. The number of nitrogens with zero attached hydrogens (tertiary/aromatic N) is 2. The van der Waals surface area contributed by atoms with E-state index >= 15 is 0 Å². The first kappa shape index (κ1) is 15.5. The Kier molecular flexibility index (Phi) is 5.37. The molecule has 1 unspecified atom stereocenters. The van der Waals surface area contributed by atoms with Crippen LogP contribution >= 0.6 is 0 Å². The van der Waals surface area contributed by atoms with Gasteiger partial charge < -0.3 is 9.80 Å². The quantitative estimate of drug-likeness (QED) is 0.807. The lowest BCUT2D eigenvalue weighted by molar-refractivity contribution is -0.128. The zero-order chi connectivity index (χ0) is 15.2. The monoisotopic (exact) mass is 288 g/mol. The zero-order valence-corrected chi connectivity index (χ0v) is 12.9. The lowest BCUT2D eigenvalue weighted by atomic mass is 10.1. The second kappa shape index (κ2) is 7.25. The second-order valence-corrected chi connectivity index (χ2v) is 5.51. The lowest BCUT2D eigenvalue weighted by Crippen LogP contribution is -2.38. The van der Waals surface area contributed by atoms with Gasteiger partial charge in [0, 0.05) is 31.7 Å². The van der Waals surface area contributed by atoms with Crippen molar-refractivity contribution in [2.45, 2.75) is 33.1 Å². The van der Waals surface area contributed by atoms with Gasteiger partial charge in [-0.25, -0.2) is 0 Å². The Morgan fingerprint density at radius 2 is 2.00 bits per heavy atom. The first-order valence-corrected chi connectivity index (χ1v) is 7.81. The van der Waals surface area contributed by atoms with Gasteiger partial charge in [-0.05, 0) is 25.5 Å². The van der Waals surface area contributed by atoms with E-state index in [-0.39, 0.29) is 17.7 Å². The molecule has 1 atom stereocenters. The highest BCUT2D eigenvalue weighted by atomic mass is 16.2. The Labute approximate surface area is 126 Å². The Hall–Kier alpha value is -1.84. The van der Waals surface area contributed by atoms with Crippen LogP contribution in [-0.2, 0) is 9.59 Å². The normalized spacial score (nSPS) is 18.1. The number of rotatable bonds is 6. The molecule has 4 nitrogen and oxygen atoms in total. The highest BCUT2D eigenvalue weighted by Gasteiger charge is 2.35. The van der Waals surface area contributed by atoms with Gasteiger partial charge in [-0.1, -0.05) is 31.5 Å². The van der Waals surface area contributed by atoms with Crippen LogP contribution in [0.3, 0.4) is 0 Å². The molecule has 0 spiro atoms.